The van der Waals surface area contributed by atoms with E-state index in [1.54, 1.807) is 0 Å². The van der Waals surface area contributed by atoms with E-state index in [1.165, 1.54) is 31.5 Å². The molecule has 3 nitrogen and oxygen atoms in total. The average Bonchev–Trinajstić information content (AvgIpc) is 2.61. The van der Waals surface area contributed by atoms with Crippen LogP contribution in [0.4, 0.5) is 0 Å². The van der Waals surface area contributed by atoms with Crippen molar-refractivity contribution in [3.8, 4) is 0 Å². The van der Waals surface area contributed by atoms with E-state index in [-0.39, 0.29) is 5.91 Å². The minimum atomic E-state index is -0.0167. The molecule has 24 heavy (non-hydrogen) atoms. The summed E-state index contributed by atoms with van der Waals surface area (Å²) in [7, 11) is 0. The molecule has 1 aliphatic rings. The van der Waals surface area contributed by atoms with Crippen LogP contribution < -0.4 is 5.32 Å². The van der Waals surface area contributed by atoms with E-state index in [4.69, 9.17) is 0 Å². The van der Waals surface area contributed by atoms with Crippen LogP contribution in [0.2, 0.25) is 0 Å². The highest BCUT2D eigenvalue weighted by Crippen LogP contribution is 2.18. The number of carbonyl (C=O) groups is 1. The van der Waals surface area contributed by atoms with Crippen molar-refractivity contribution in [2.75, 3.05) is 13.1 Å². The van der Waals surface area contributed by atoms with Crippen LogP contribution in [0.15, 0.2) is 54.6 Å². The standard InChI is InChI=1S/C21H26N2O/c1-17-6-5-13-23(15-17)16-19-9-11-20(12-10-19)21(24)22-14-18-7-3-2-4-8-18/h2-4,7-12,17H,5-6,13-16H2,1H3,(H,22,24)/t17-/m0/s1. The first kappa shape index (κ1) is 16.7. The van der Waals surface area contributed by atoms with Crippen LogP contribution in [0.3, 0.4) is 0 Å². The molecule has 3 heteroatoms. The number of likely N-dealkylation sites (tertiary alicyclic amines) is 1. The molecule has 0 aromatic heterocycles. The number of piperidine rings is 1. The molecule has 1 aliphatic heterocycles. The summed E-state index contributed by atoms with van der Waals surface area (Å²) in [5.41, 5.74) is 3.12. The van der Waals surface area contributed by atoms with Crippen LogP contribution in [0.1, 0.15) is 41.3 Å². The Hall–Kier alpha value is -2.13. The van der Waals surface area contributed by atoms with Gasteiger partial charge in [-0.2, -0.15) is 0 Å². The lowest BCUT2D eigenvalue weighted by Crippen LogP contribution is -2.33. The van der Waals surface area contributed by atoms with Gasteiger partial charge in [-0.15, -0.1) is 0 Å². The lowest BCUT2D eigenvalue weighted by molar-refractivity contribution is 0.0951. The van der Waals surface area contributed by atoms with Crippen molar-refractivity contribution in [2.24, 2.45) is 5.92 Å². The van der Waals surface area contributed by atoms with Gasteiger partial charge in [0.2, 0.25) is 0 Å². The van der Waals surface area contributed by atoms with E-state index < -0.39 is 0 Å². The Morgan fingerprint density at radius 1 is 1.08 bits per heavy atom. The van der Waals surface area contributed by atoms with Gasteiger partial charge in [0.1, 0.15) is 0 Å². The minimum absolute atomic E-state index is 0.0167. The maximum Gasteiger partial charge on any atom is 0.251 e. The Morgan fingerprint density at radius 3 is 2.54 bits per heavy atom. The zero-order valence-corrected chi connectivity index (χ0v) is 14.4. The number of nitrogens with one attached hydrogen (secondary N) is 1. The maximum absolute atomic E-state index is 12.2. The number of nitrogens with zero attached hydrogens (tertiary/aromatic N) is 1. The first-order valence-electron chi connectivity index (χ1n) is 8.84. The zero-order chi connectivity index (χ0) is 16.8. The fourth-order valence-corrected chi connectivity index (χ4v) is 3.33. The first-order valence-corrected chi connectivity index (χ1v) is 8.84. The number of amides is 1. The molecular formula is C21H26N2O. The molecule has 1 saturated heterocycles. The molecule has 0 saturated carbocycles. The Kier molecular flexibility index (Phi) is 5.65. The zero-order valence-electron chi connectivity index (χ0n) is 14.4. The van der Waals surface area contributed by atoms with E-state index >= 15 is 0 Å². The van der Waals surface area contributed by atoms with Gasteiger partial charge in [-0.25, -0.2) is 0 Å². The van der Waals surface area contributed by atoms with Crippen molar-refractivity contribution in [2.45, 2.75) is 32.9 Å². The van der Waals surface area contributed by atoms with Crippen molar-refractivity contribution < 1.29 is 4.79 Å². The Balaban J connectivity index is 1.52. The van der Waals surface area contributed by atoms with Gasteiger partial charge in [0, 0.05) is 25.2 Å². The van der Waals surface area contributed by atoms with Gasteiger partial charge < -0.3 is 5.32 Å². The number of benzene rings is 2. The molecule has 1 amide bonds. The second kappa shape index (κ2) is 8.11. The quantitative estimate of drug-likeness (QED) is 0.907. The molecule has 1 fully saturated rings. The number of rotatable bonds is 5. The topological polar surface area (TPSA) is 32.3 Å². The van der Waals surface area contributed by atoms with E-state index in [0.29, 0.717) is 6.54 Å². The first-order chi connectivity index (χ1) is 11.7. The van der Waals surface area contributed by atoms with Crippen LogP contribution >= 0.6 is 0 Å². The molecule has 126 valence electrons. The molecule has 1 heterocycles. The van der Waals surface area contributed by atoms with Crippen molar-refractivity contribution in [1.29, 1.82) is 0 Å². The lowest BCUT2D eigenvalue weighted by atomic mass is 9.99. The highest BCUT2D eigenvalue weighted by Gasteiger charge is 2.16. The van der Waals surface area contributed by atoms with E-state index in [2.05, 4.69) is 29.3 Å². The minimum Gasteiger partial charge on any atom is -0.348 e. The van der Waals surface area contributed by atoms with Crippen LogP contribution in [0.5, 0.6) is 0 Å². The van der Waals surface area contributed by atoms with Gasteiger partial charge in [0.05, 0.1) is 0 Å². The fourth-order valence-electron chi connectivity index (χ4n) is 3.33. The Bertz CT molecular complexity index is 651. The third kappa shape index (κ3) is 4.68. The SMILES string of the molecule is C[C@H]1CCCN(Cc2ccc(C(=O)NCc3ccccc3)cc2)C1. The summed E-state index contributed by atoms with van der Waals surface area (Å²) >= 11 is 0. The van der Waals surface area contributed by atoms with Crippen LogP contribution in [-0.2, 0) is 13.1 Å². The number of carbonyl (C=O) groups excluding carboxylic acids is 1. The number of hydrogen-bond donors (Lipinski definition) is 1. The maximum atomic E-state index is 12.2. The average molecular weight is 322 g/mol. The van der Waals surface area contributed by atoms with Gasteiger partial charge in [-0.1, -0.05) is 49.4 Å². The summed E-state index contributed by atoms with van der Waals surface area (Å²) < 4.78 is 0. The van der Waals surface area contributed by atoms with Gasteiger partial charge in [-0.05, 0) is 48.6 Å². The monoisotopic (exact) mass is 322 g/mol. The van der Waals surface area contributed by atoms with E-state index in [0.717, 1.165) is 23.6 Å². The molecule has 0 spiro atoms. The van der Waals surface area contributed by atoms with Crippen molar-refractivity contribution in [3.63, 3.8) is 0 Å². The molecule has 1 N–H and O–H groups in total. The highest BCUT2D eigenvalue weighted by molar-refractivity contribution is 5.94. The molecule has 2 aromatic rings. The van der Waals surface area contributed by atoms with Crippen LogP contribution in [0, 0.1) is 5.92 Å². The molecule has 3 rings (SSSR count). The molecule has 1 atom stereocenters. The summed E-state index contributed by atoms with van der Waals surface area (Å²) in [5.74, 6) is 0.777. The predicted molar refractivity (Wildman–Crippen MR) is 97.7 cm³/mol. The van der Waals surface area contributed by atoms with Gasteiger partial charge in [0.15, 0.2) is 0 Å². The molecule has 0 radical (unpaired) electrons. The van der Waals surface area contributed by atoms with E-state index in [1.807, 2.05) is 42.5 Å². The summed E-state index contributed by atoms with van der Waals surface area (Å²) in [6.07, 6.45) is 2.64. The smallest absolute Gasteiger partial charge is 0.251 e. The van der Waals surface area contributed by atoms with Gasteiger partial charge in [-0.3, -0.25) is 9.69 Å². The third-order valence-electron chi connectivity index (χ3n) is 4.66. The van der Waals surface area contributed by atoms with Crippen molar-refractivity contribution >= 4 is 5.91 Å². The molecule has 0 unspecified atom stereocenters. The lowest BCUT2D eigenvalue weighted by Gasteiger charge is -2.30. The summed E-state index contributed by atoms with van der Waals surface area (Å²) in [6.45, 7) is 6.23. The Morgan fingerprint density at radius 2 is 1.83 bits per heavy atom. The van der Waals surface area contributed by atoms with Gasteiger partial charge >= 0.3 is 0 Å². The molecule has 0 bridgehead atoms. The molecule has 2 aromatic carbocycles. The fraction of sp³-hybridized carbons (Fsp3) is 0.381. The summed E-state index contributed by atoms with van der Waals surface area (Å²) in [5, 5.41) is 2.97. The molecular weight excluding hydrogens is 296 g/mol. The number of hydrogen-bond acceptors (Lipinski definition) is 2. The predicted octanol–water partition coefficient (Wildman–Crippen LogP) is 3.85. The second-order valence-electron chi connectivity index (χ2n) is 6.85. The summed E-state index contributed by atoms with van der Waals surface area (Å²) in [4.78, 5) is 14.8. The van der Waals surface area contributed by atoms with Crippen LogP contribution in [-0.4, -0.2) is 23.9 Å². The van der Waals surface area contributed by atoms with Gasteiger partial charge in [0.25, 0.3) is 5.91 Å². The second-order valence-corrected chi connectivity index (χ2v) is 6.85. The third-order valence-corrected chi connectivity index (χ3v) is 4.66. The van der Waals surface area contributed by atoms with Crippen LogP contribution in [0.25, 0.3) is 0 Å². The summed E-state index contributed by atoms with van der Waals surface area (Å²) in [6, 6.07) is 18.0. The largest absolute Gasteiger partial charge is 0.348 e. The molecule has 0 aliphatic carbocycles. The normalized spacial score (nSPS) is 18.3. The Labute approximate surface area is 144 Å². The highest BCUT2D eigenvalue weighted by atomic mass is 16.1. The van der Waals surface area contributed by atoms with Crippen molar-refractivity contribution in [1.82, 2.24) is 10.2 Å². The van der Waals surface area contributed by atoms with Crippen molar-refractivity contribution in [3.05, 3.63) is 71.3 Å². The van der Waals surface area contributed by atoms with E-state index in [9.17, 15) is 4.79 Å².